The fourth-order valence-corrected chi connectivity index (χ4v) is 2.44. The summed E-state index contributed by atoms with van der Waals surface area (Å²) in [7, 11) is 0. The van der Waals surface area contributed by atoms with Crippen molar-refractivity contribution in [2.45, 2.75) is 13.0 Å². The zero-order chi connectivity index (χ0) is 13.9. The first-order valence-electron chi connectivity index (χ1n) is 5.93. The van der Waals surface area contributed by atoms with Gasteiger partial charge in [0.05, 0.1) is 17.4 Å². The highest BCUT2D eigenvalue weighted by Gasteiger charge is 2.12. The van der Waals surface area contributed by atoms with Gasteiger partial charge in [-0.2, -0.15) is 0 Å². The number of nitrogens with one attached hydrogen (secondary N) is 1. The largest absolute Gasteiger partial charge is 0.374 e. The van der Waals surface area contributed by atoms with Gasteiger partial charge in [0.2, 0.25) is 0 Å². The van der Waals surface area contributed by atoms with Crippen molar-refractivity contribution in [3.05, 3.63) is 46.9 Å². The maximum absolute atomic E-state index is 13.9. The van der Waals surface area contributed by atoms with Gasteiger partial charge in [-0.15, -0.1) is 16.4 Å². The van der Waals surface area contributed by atoms with Crippen LogP contribution in [-0.4, -0.2) is 25.2 Å². The predicted molar refractivity (Wildman–Crippen MR) is 73.3 cm³/mol. The molecule has 1 N–H and O–H groups in total. The minimum absolute atomic E-state index is 0.0754. The third-order valence-electron chi connectivity index (χ3n) is 2.76. The summed E-state index contributed by atoms with van der Waals surface area (Å²) in [6.07, 6.45) is 3.19. The van der Waals surface area contributed by atoms with Crippen molar-refractivity contribution in [1.29, 1.82) is 0 Å². The van der Waals surface area contributed by atoms with Gasteiger partial charge in [0.25, 0.3) is 0 Å². The van der Waals surface area contributed by atoms with Gasteiger partial charge in [0.15, 0.2) is 0 Å². The molecule has 0 fully saturated rings. The topological polar surface area (TPSA) is 68.5 Å². The zero-order valence-electron chi connectivity index (χ0n) is 10.6. The minimum Gasteiger partial charge on any atom is -0.374 e. The quantitative estimate of drug-likeness (QED) is 0.799. The molecule has 0 aliphatic rings. The Morgan fingerprint density at radius 1 is 1.40 bits per heavy atom. The van der Waals surface area contributed by atoms with Gasteiger partial charge in [-0.3, -0.25) is 0 Å². The molecular formula is C12H11FN6S. The zero-order valence-corrected chi connectivity index (χ0v) is 11.4. The van der Waals surface area contributed by atoms with Crippen LogP contribution in [0.15, 0.2) is 36.1 Å². The van der Waals surface area contributed by atoms with Gasteiger partial charge in [-0.25, -0.2) is 14.1 Å². The Morgan fingerprint density at radius 3 is 3.00 bits per heavy atom. The molecule has 0 saturated heterocycles. The van der Waals surface area contributed by atoms with Gasteiger partial charge >= 0.3 is 0 Å². The molecule has 8 heteroatoms. The fraction of sp³-hybridized carbons (Fsp3) is 0.167. The Kier molecular flexibility index (Phi) is 3.38. The van der Waals surface area contributed by atoms with Crippen LogP contribution in [-0.2, 0) is 0 Å². The summed E-state index contributed by atoms with van der Waals surface area (Å²) in [6.45, 7) is 1.93. The lowest BCUT2D eigenvalue weighted by Gasteiger charge is -2.14. The molecular weight excluding hydrogens is 279 g/mol. The van der Waals surface area contributed by atoms with E-state index in [1.54, 1.807) is 18.3 Å². The van der Waals surface area contributed by atoms with Crippen LogP contribution in [0.3, 0.4) is 0 Å². The van der Waals surface area contributed by atoms with Crippen LogP contribution < -0.4 is 5.32 Å². The number of nitrogens with zero attached hydrogens (tertiary/aromatic N) is 5. The van der Waals surface area contributed by atoms with Crippen molar-refractivity contribution in [2.75, 3.05) is 5.32 Å². The van der Waals surface area contributed by atoms with Crippen LogP contribution in [0, 0.1) is 5.82 Å². The van der Waals surface area contributed by atoms with E-state index in [1.165, 1.54) is 28.4 Å². The molecule has 1 unspecified atom stereocenters. The molecule has 3 aromatic rings. The molecule has 2 aromatic heterocycles. The average molecular weight is 290 g/mol. The van der Waals surface area contributed by atoms with Crippen molar-refractivity contribution in [3.63, 3.8) is 0 Å². The highest BCUT2D eigenvalue weighted by Crippen LogP contribution is 2.24. The number of hydrogen-bond acceptors (Lipinski definition) is 6. The number of hydrogen-bond donors (Lipinski definition) is 1. The van der Waals surface area contributed by atoms with Gasteiger partial charge < -0.3 is 5.32 Å². The van der Waals surface area contributed by atoms with E-state index in [0.717, 1.165) is 5.01 Å². The van der Waals surface area contributed by atoms with Gasteiger partial charge in [-0.05, 0) is 35.5 Å². The third kappa shape index (κ3) is 2.50. The standard InChI is InChI=1S/C12H11FN6S/c1-8(12-14-4-5-20-12)16-11-6-9(2-3-10(11)13)19-7-15-17-18-19/h2-8,16H,1H3. The van der Waals surface area contributed by atoms with Crippen molar-refractivity contribution in [3.8, 4) is 5.69 Å². The number of aromatic nitrogens is 5. The summed E-state index contributed by atoms with van der Waals surface area (Å²) in [5, 5.41) is 16.8. The molecule has 0 saturated carbocycles. The molecule has 0 bridgehead atoms. The summed E-state index contributed by atoms with van der Waals surface area (Å²) in [6, 6.07) is 4.59. The molecule has 1 aromatic carbocycles. The van der Waals surface area contributed by atoms with Gasteiger partial charge in [-0.1, -0.05) is 0 Å². The number of halogens is 1. The lowest BCUT2D eigenvalue weighted by molar-refractivity contribution is 0.626. The van der Waals surface area contributed by atoms with E-state index >= 15 is 0 Å². The Bertz CT molecular complexity index is 682. The van der Waals surface area contributed by atoms with Crippen LogP contribution in [0.5, 0.6) is 0 Å². The molecule has 0 spiro atoms. The Balaban J connectivity index is 1.87. The number of benzene rings is 1. The maximum Gasteiger partial charge on any atom is 0.146 e. The summed E-state index contributed by atoms with van der Waals surface area (Å²) in [5.74, 6) is -0.328. The first-order valence-corrected chi connectivity index (χ1v) is 6.81. The fourth-order valence-electron chi connectivity index (χ4n) is 1.79. The van der Waals surface area contributed by atoms with Crippen molar-refractivity contribution in [2.24, 2.45) is 0 Å². The van der Waals surface area contributed by atoms with Crippen LogP contribution in [0.25, 0.3) is 5.69 Å². The number of tetrazole rings is 1. The molecule has 0 aliphatic heterocycles. The minimum atomic E-state index is -0.328. The summed E-state index contributed by atoms with van der Waals surface area (Å²) < 4.78 is 15.3. The summed E-state index contributed by atoms with van der Waals surface area (Å²) >= 11 is 1.52. The van der Waals surface area contributed by atoms with E-state index < -0.39 is 0 Å². The van der Waals surface area contributed by atoms with Gasteiger partial charge in [0, 0.05) is 11.6 Å². The second-order valence-corrected chi connectivity index (χ2v) is 5.08. The monoisotopic (exact) mass is 290 g/mol. The molecule has 2 heterocycles. The maximum atomic E-state index is 13.9. The molecule has 0 radical (unpaired) electrons. The number of anilines is 1. The molecule has 3 rings (SSSR count). The molecule has 102 valence electrons. The molecule has 6 nitrogen and oxygen atoms in total. The molecule has 0 amide bonds. The first kappa shape index (κ1) is 12.7. The average Bonchev–Trinajstić information content (AvgIpc) is 3.14. The highest BCUT2D eigenvalue weighted by molar-refractivity contribution is 7.09. The Morgan fingerprint density at radius 2 is 2.30 bits per heavy atom. The number of rotatable bonds is 4. The van der Waals surface area contributed by atoms with E-state index in [4.69, 9.17) is 0 Å². The normalized spacial score (nSPS) is 12.3. The van der Waals surface area contributed by atoms with Crippen LogP contribution in [0.4, 0.5) is 10.1 Å². The van der Waals surface area contributed by atoms with Crippen molar-refractivity contribution in [1.82, 2.24) is 25.2 Å². The van der Waals surface area contributed by atoms with E-state index in [2.05, 4.69) is 25.8 Å². The highest BCUT2D eigenvalue weighted by atomic mass is 32.1. The lowest BCUT2D eigenvalue weighted by atomic mass is 10.2. The number of thiazole rings is 1. The molecule has 0 aliphatic carbocycles. The van der Waals surface area contributed by atoms with Crippen molar-refractivity contribution < 1.29 is 4.39 Å². The first-order chi connectivity index (χ1) is 9.74. The summed E-state index contributed by atoms with van der Waals surface area (Å²) in [5.41, 5.74) is 1.07. The second kappa shape index (κ2) is 5.33. The van der Waals surface area contributed by atoms with E-state index in [9.17, 15) is 4.39 Å². The second-order valence-electron chi connectivity index (χ2n) is 4.15. The van der Waals surface area contributed by atoms with Crippen LogP contribution in [0.1, 0.15) is 18.0 Å². The Labute approximate surface area is 118 Å². The molecule has 1 atom stereocenters. The Hall–Kier alpha value is -2.35. The molecule has 20 heavy (non-hydrogen) atoms. The van der Waals surface area contributed by atoms with Crippen molar-refractivity contribution >= 4 is 17.0 Å². The SMILES string of the molecule is CC(Nc1cc(-n2cnnn2)ccc1F)c1nccs1. The lowest BCUT2D eigenvalue weighted by Crippen LogP contribution is -2.08. The third-order valence-corrected chi connectivity index (χ3v) is 3.72. The van der Waals surface area contributed by atoms with Gasteiger partial charge in [0.1, 0.15) is 17.2 Å². The van der Waals surface area contributed by atoms with Crippen LogP contribution >= 0.6 is 11.3 Å². The van der Waals surface area contributed by atoms with E-state index in [1.807, 2.05) is 12.3 Å². The van der Waals surface area contributed by atoms with E-state index in [0.29, 0.717) is 11.4 Å². The smallest absolute Gasteiger partial charge is 0.146 e. The van der Waals surface area contributed by atoms with Crippen LogP contribution in [0.2, 0.25) is 0 Å². The summed E-state index contributed by atoms with van der Waals surface area (Å²) in [4.78, 5) is 4.21. The predicted octanol–water partition coefficient (Wildman–Crippen LogP) is 2.43. The van der Waals surface area contributed by atoms with E-state index in [-0.39, 0.29) is 11.9 Å².